The van der Waals surface area contributed by atoms with Crippen LogP contribution in [0.25, 0.3) is 0 Å². The Kier molecular flexibility index (Phi) is 4.04. The van der Waals surface area contributed by atoms with Crippen LogP contribution in [0.3, 0.4) is 0 Å². The third kappa shape index (κ3) is 2.38. The minimum atomic E-state index is -1.15. The van der Waals surface area contributed by atoms with Crippen LogP contribution in [0.15, 0.2) is 15.8 Å². The number of halogens is 1. The second-order valence-corrected chi connectivity index (χ2v) is 4.38. The number of aliphatic hydroxyl groups excluding tert-OH is 2. The van der Waals surface area contributed by atoms with E-state index in [4.69, 9.17) is 16.3 Å². The van der Waals surface area contributed by atoms with E-state index in [1.807, 2.05) is 0 Å². The standard InChI is InChI=1S/C12H13FN2O5/c1-2-3-14-11(18)7(13)5-15(12(14)19)10-4-8(17)9(6-16)20-10/h1,5,8-10,16-17H,3-4,6H2/t8-,9-,10-/m1/s1. The van der Waals surface area contributed by atoms with E-state index in [2.05, 4.69) is 5.92 Å². The van der Waals surface area contributed by atoms with Gasteiger partial charge in [0.05, 0.1) is 25.5 Å². The smallest absolute Gasteiger partial charge is 0.334 e. The van der Waals surface area contributed by atoms with Gasteiger partial charge in [-0.3, -0.25) is 9.36 Å². The number of terminal acetylenes is 1. The average Bonchev–Trinajstić information content (AvgIpc) is 2.80. The summed E-state index contributed by atoms with van der Waals surface area (Å²) in [5.41, 5.74) is -1.94. The Bertz CT molecular complexity index is 659. The molecule has 2 heterocycles. The number of nitrogens with zero attached hydrogens (tertiary/aromatic N) is 2. The largest absolute Gasteiger partial charge is 0.394 e. The molecular formula is C12H13FN2O5. The molecule has 20 heavy (non-hydrogen) atoms. The number of ether oxygens (including phenoxy) is 1. The van der Waals surface area contributed by atoms with Gasteiger partial charge in [-0.2, -0.15) is 4.39 Å². The number of hydrogen-bond donors (Lipinski definition) is 2. The van der Waals surface area contributed by atoms with Gasteiger partial charge in [0.2, 0.25) is 5.82 Å². The maximum absolute atomic E-state index is 13.5. The molecule has 108 valence electrons. The number of hydrogen-bond acceptors (Lipinski definition) is 5. The molecule has 0 amide bonds. The third-order valence-electron chi connectivity index (χ3n) is 3.10. The second kappa shape index (κ2) is 5.58. The first-order valence-electron chi connectivity index (χ1n) is 5.89. The van der Waals surface area contributed by atoms with Crippen molar-refractivity contribution in [2.75, 3.05) is 6.61 Å². The molecular weight excluding hydrogens is 271 g/mol. The maximum Gasteiger partial charge on any atom is 0.334 e. The summed E-state index contributed by atoms with van der Waals surface area (Å²) in [5, 5.41) is 18.6. The molecule has 1 fully saturated rings. The van der Waals surface area contributed by atoms with Crippen molar-refractivity contribution in [2.45, 2.75) is 31.4 Å². The Morgan fingerprint density at radius 1 is 1.55 bits per heavy atom. The van der Waals surface area contributed by atoms with Gasteiger partial charge in [0, 0.05) is 6.42 Å². The Morgan fingerprint density at radius 3 is 2.80 bits per heavy atom. The molecule has 8 heteroatoms. The van der Waals surface area contributed by atoms with Crippen LogP contribution >= 0.6 is 0 Å². The highest BCUT2D eigenvalue weighted by Gasteiger charge is 2.35. The second-order valence-electron chi connectivity index (χ2n) is 4.38. The molecule has 0 unspecified atom stereocenters. The van der Waals surface area contributed by atoms with Gasteiger partial charge in [0.15, 0.2) is 0 Å². The fraction of sp³-hybridized carbons (Fsp3) is 0.500. The average molecular weight is 284 g/mol. The Hall–Kier alpha value is -1.95. The van der Waals surface area contributed by atoms with Crippen LogP contribution < -0.4 is 11.2 Å². The van der Waals surface area contributed by atoms with E-state index >= 15 is 0 Å². The summed E-state index contributed by atoms with van der Waals surface area (Å²) in [6, 6.07) is 0. The Balaban J connectivity index is 2.47. The first-order valence-corrected chi connectivity index (χ1v) is 5.89. The van der Waals surface area contributed by atoms with E-state index in [1.165, 1.54) is 0 Å². The zero-order chi connectivity index (χ0) is 14.9. The van der Waals surface area contributed by atoms with Gasteiger partial charge >= 0.3 is 5.69 Å². The molecule has 1 aliphatic heterocycles. The van der Waals surface area contributed by atoms with E-state index < -0.39 is 42.1 Å². The molecule has 1 aliphatic rings. The molecule has 3 atom stereocenters. The topological polar surface area (TPSA) is 93.7 Å². The van der Waals surface area contributed by atoms with Crippen LogP contribution in [0.2, 0.25) is 0 Å². The van der Waals surface area contributed by atoms with E-state index in [0.717, 1.165) is 10.8 Å². The highest BCUT2D eigenvalue weighted by atomic mass is 19.1. The van der Waals surface area contributed by atoms with Crippen LogP contribution in [0.1, 0.15) is 12.6 Å². The number of aliphatic hydroxyl groups is 2. The summed E-state index contributed by atoms with van der Waals surface area (Å²) in [7, 11) is 0. The van der Waals surface area contributed by atoms with Crippen LogP contribution in [0.4, 0.5) is 4.39 Å². The van der Waals surface area contributed by atoms with Crippen molar-refractivity contribution in [3.8, 4) is 12.3 Å². The van der Waals surface area contributed by atoms with Gasteiger partial charge in [0.1, 0.15) is 12.3 Å². The summed E-state index contributed by atoms with van der Waals surface area (Å²) < 4.78 is 20.2. The highest BCUT2D eigenvalue weighted by molar-refractivity contribution is 4.96. The monoisotopic (exact) mass is 284 g/mol. The highest BCUT2D eigenvalue weighted by Crippen LogP contribution is 2.27. The van der Waals surface area contributed by atoms with Crippen molar-refractivity contribution in [1.82, 2.24) is 9.13 Å². The fourth-order valence-electron chi connectivity index (χ4n) is 2.07. The predicted octanol–water partition coefficient (Wildman–Crippen LogP) is -1.58. The lowest BCUT2D eigenvalue weighted by molar-refractivity contribution is -0.0466. The van der Waals surface area contributed by atoms with Gasteiger partial charge in [-0.05, 0) is 0 Å². The molecule has 0 bridgehead atoms. The maximum atomic E-state index is 13.5. The SMILES string of the molecule is C#CCn1c(=O)c(F)cn([C@H]2C[C@@H](O)[C@@H](CO)O2)c1=O. The van der Waals surface area contributed by atoms with Gasteiger partial charge in [-0.25, -0.2) is 9.36 Å². The molecule has 0 saturated carbocycles. The van der Waals surface area contributed by atoms with Crippen LogP contribution in [-0.2, 0) is 11.3 Å². The van der Waals surface area contributed by atoms with Crippen molar-refractivity contribution in [3.63, 3.8) is 0 Å². The summed E-state index contributed by atoms with van der Waals surface area (Å²) in [6.45, 7) is -0.799. The van der Waals surface area contributed by atoms with Gasteiger partial charge < -0.3 is 14.9 Å². The fourth-order valence-corrected chi connectivity index (χ4v) is 2.07. The molecule has 1 aromatic heterocycles. The third-order valence-corrected chi connectivity index (χ3v) is 3.10. The van der Waals surface area contributed by atoms with Gasteiger partial charge in [-0.1, -0.05) is 5.92 Å². The van der Waals surface area contributed by atoms with E-state index in [9.17, 15) is 19.1 Å². The number of rotatable bonds is 3. The van der Waals surface area contributed by atoms with E-state index in [0.29, 0.717) is 4.57 Å². The van der Waals surface area contributed by atoms with Crippen molar-refractivity contribution >= 4 is 0 Å². The van der Waals surface area contributed by atoms with Crippen molar-refractivity contribution in [3.05, 3.63) is 32.9 Å². The lowest BCUT2D eigenvalue weighted by Gasteiger charge is -2.15. The Labute approximate surface area is 112 Å². The quantitative estimate of drug-likeness (QED) is 0.654. The van der Waals surface area contributed by atoms with E-state index in [1.54, 1.807) is 0 Å². The molecule has 1 saturated heterocycles. The molecule has 0 aromatic carbocycles. The summed E-state index contributed by atoms with van der Waals surface area (Å²) in [6.07, 6.45) is 2.95. The molecule has 1 aromatic rings. The summed E-state index contributed by atoms with van der Waals surface area (Å²) in [5.74, 6) is 0.944. The van der Waals surface area contributed by atoms with Crippen LogP contribution in [0.5, 0.6) is 0 Å². The lowest BCUT2D eigenvalue weighted by atomic mass is 10.2. The summed E-state index contributed by atoms with van der Waals surface area (Å²) in [4.78, 5) is 23.5. The molecule has 0 aliphatic carbocycles. The van der Waals surface area contributed by atoms with Crippen molar-refractivity contribution in [1.29, 1.82) is 0 Å². The first-order chi connectivity index (χ1) is 9.49. The Morgan fingerprint density at radius 2 is 2.25 bits per heavy atom. The van der Waals surface area contributed by atoms with Crippen molar-refractivity contribution in [2.24, 2.45) is 0 Å². The zero-order valence-corrected chi connectivity index (χ0v) is 10.4. The van der Waals surface area contributed by atoms with Gasteiger partial charge in [-0.15, -0.1) is 6.42 Å². The van der Waals surface area contributed by atoms with Gasteiger partial charge in [0.25, 0.3) is 5.56 Å². The molecule has 0 spiro atoms. The first kappa shape index (κ1) is 14.5. The normalized spacial score (nSPS) is 25.6. The minimum absolute atomic E-state index is 0.00116. The minimum Gasteiger partial charge on any atom is -0.394 e. The molecule has 2 rings (SSSR count). The zero-order valence-electron chi connectivity index (χ0n) is 10.4. The van der Waals surface area contributed by atoms with Crippen molar-refractivity contribution < 1.29 is 19.3 Å². The number of aromatic nitrogens is 2. The summed E-state index contributed by atoms with van der Waals surface area (Å²) >= 11 is 0. The van der Waals surface area contributed by atoms with Crippen LogP contribution in [-0.4, -0.2) is 38.2 Å². The molecule has 2 N–H and O–H groups in total. The van der Waals surface area contributed by atoms with Crippen LogP contribution in [0, 0.1) is 18.2 Å². The van der Waals surface area contributed by atoms with E-state index in [-0.39, 0.29) is 13.0 Å². The lowest BCUT2D eigenvalue weighted by Crippen LogP contribution is -2.42. The predicted molar refractivity (Wildman–Crippen MR) is 65.4 cm³/mol. The molecule has 7 nitrogen and oxygen atoms in total. The molecule has 0 radical (unpaired) electrons.